The first-order chi connectivity index (χ1) is 8.19. The molecule has 0 heterocycles. The normalized spacial score (nSPS) is 9.06. The highest BCUT2D eigenvalue weighted by atomic mass is 16.5. The Balaban J connectivity index is 2.69. The lowest BCUT2D eigenvalue weighted by Crippen LogP contribution is -2.25. The van der Waals surface area contributed by atoms with Gasteiger partial charge < -0.3 is 15.8 Å². The van der Waals surface area contributed by atoms with Gasteiger partial charge in [0.25, 0.3) is 5.91 Å². The van der Waals surface area contributed by atoms with E-state index in [1.165, 1.54) is 0 Å². The fourth-order valence-electron chi connectivity index (χ4n) is 1.32. The van der Waals surface area contributed by atoms with Crippen molar-refractivity contribution in [3.05, 3.63) is 23.8 Å². The summed E-state index contributed by atoms with van der Waals surface area (Å²) in [6, 6.07) is 4.99. The lowest BCUT2D eigenvalue weighted by Gasteiger charge is -2.08. The third kappa shape index (κ3) is 3.72. The van der Waals surface area contributed by atoms with E-state index in [1.54, 1.807) is 32.2 Å². The van der Waals surface area contributed by atoms with E-state index in [4.69, 9.17) is 10.5 Å². The van der Waals surface area contributed by atoms with Gasteiger partial charge in [-0.25, -0.2) is 0 Å². The van der Waals surface area contributed by atoms with Gasteiger partial charge in [0.1, 0.15) is 5.75 Å². The number of amides is 1. The van der Waals surface area contributed by atoms with E-state index in [0.717, 1.165) is 0 Å². The Morgan fingerprint density at radius 3 is 2.94 bits per heavy atom. The second-order valence-corrected chi connectivity index (χ2v) is 3.39. The third-order valence-corrected chi connectivity index (χ3v) is 2.22. The van der Waals surface area contributed by atoms with Gasteiger partial charge in [0.2, 0.25) is 0 Å². The van der Waals surface area contributed by atoms with Crippen LogP contribution in [0.3, 0.4) is 0 Å². The van der Waals surface area contributed by atoms with Gasteiger partial charge in [-0.1, -0.05) is 0 Å². The zero-order chi connectivity index (χ0) is 12.7. The average Bonchev–Trinajstić information content (AvgIpc) is 2.35. The fraction of sp³-hybridized carbons (Fsp3) is 0.308. The number of nitrogens with two attached hydrogens (primary N) is 1. The third-order valence-electron chi connectivity index (χ3n) is 2.22. The Bertz CT molecular complexity index is 458. The topological polar surface area (TPSA) is 64.3 Å². The minimum absolute atomic E-state index is 0.209. The predicted octanol–water partition coefficient (Wildman–Crippen LogP) is 1.42. The van der Waals surface area contributed by atoms with E-state index in [-0.39, 0.29) is 5.91 Å². The van der Waals surface area contributed by atoms with Gasteiger partial charge >= 0.3 is 0 Å². The molecule has 3 N–H and O–H groups in total. The maximum Gasteiger partial charge on any atom is 0.253 e. The van der Waals surface area contributed by atoms with E-state index < -0.39 is 0 Å². The van der Waals surface area contributed by atoms with Crippen LogP contribution in [0.5, 0.6) is 5.75 Å². The Hall–Kier alpha value is -2.15. The van der Waals surface area contributed by atoms with Gasteiger partial charge in [-0.2, -0.15) is 0 Å². The maximum absolute atomic E-state index is 11.8. The van der Waals surface area contributed by atoms with Gasteiger partial charge in [0.05, 0.1) is 12.7 Å². The molecule has 0 aromatic heterocycles. The molecule has 0 aliphatic heterocycles. The monoisotopic (exact) mass is 232 g/mol. The molecule has 4 heteroatoms. The summed E-state index contributed by atoms with van der Waals surface area (Å²) in [5, 5.41) is 2.75. The number of rotatable bonds is 4. The molecule has 0 spiro atoms. The number of ether oxygens (including phenoxy) is 1. The van der Waals surface area contributed by atoms with E-state index in [1.807, 2.05) is 0 Å². The van der Waals surface area contributed by atoms with Crippen LogP contribution in [-0.2, 0) is 0 Å². The number of carbonyl (C=O) groups is 1. The molecule has 0 radical (unpaired) electrons. The van der Waals surface area contributed by atoms with E-state index in [2.05, 4.69) is 17.2 Å². The molecule has 0 aliphatic rings. The van der Waals surface area contributed by atoms with Gasteiger partial charge in [-0.05, 0) is 25.1 Å². The predicted molar refractivity (Wildman–Crippen MR) is 67.8 cm³/mol. The SMILES string of the molecule is CC#CCCNC(=O)c1cc(OC)ccc1N. The molecule has 90 valence electrons. The smallest absolute Gasteiger partial charge is 0.253 e. The molecule has 0 saturated heterocycles. The number of hydrogen-bond donors (Lipinski definition) is 2. The van der Waals surface area contributed by atoms with Gasteiger partial charge in [-0.15, -0.1) is 11.8 Å². The molecule has 0 aliphatic carbocycles. The van der Waals surface area contributed by atoms with Crippen molar-refractivity contribution in [3.8, 4) is 17.6 Å². The molecule has 1 aromatic carbocycles. The van der Waals surface area contributed by atoms with Crippen LogP contribution in [-0.4, -0.2) is 19.6 Å². The summed E-state index contributed by atoms with van der Waals surface area (Å²) in [5.41, 5.74) is 6.59. The van der Waals surface area contributed by atoms with Crippen LogP contribution in [0.2, 0.25) is 0 Å². The average molecular weight is 232 g/mol. The Morgan fingerprint density at radius 1 is 1.53 bits per heavy atom. The van der Waals surface area contributed by atoms with Crippen LogP contribution >= 0.6 is 0 Å². The van der Waals surface area contributed by atoms with Crippen molar-refractivity contribution in [1.29, 1.82) is 0 Å². The van der Waals surface area contributed by atoms with E-state index in [9.17, 15) is 4.79 Å². The summed E-state index contributed by atoms with van der Waals surface area (Å²) < 4.78 is 5.05. The molecule has 0 atom stereocenters. The van der Waals surface area contributed by atoms with Crippen molar-refractivity contribution in [2.24, 2.45) is 0 Å². The molecular weight excluding hydrogens is 216 g/mol. The van der Waals surface area contributed by atoms with Crippen LogP contribution < -0.4 is 15.8 Å². The lowest BCUT2D eigenvalue weighted by molar-refractivity contribution is 0.0955. The Labute approximate surface area is 101 Å². The van der Waals surface area contributed by atoms with Crippen molar-refractivity contribution in [2.45, 2.75) is 13.3 Å². The quantitative estimate of drug-likeness (QED) is 0.469. The molecule has 1 rings (SSSR count). The van der Waals surface area contributed by atoms with Crippen molar-refractivity contribution in [3.63, 3.8) is 0 Å². The molecule has 0 saturated carbocycles. The zero-order valence-corrected chi connectivity index (χ0v) is 10.0. The van der Waals surface area contributed by atoms with Gasteiger partial charge in [0, 0.05) is 18.7 Å². The van der Waals surface area contributed by atoms with E-state index >= 15 is 0 Å². The number of benzene rings is 1. The summed E-state index contributed by atoms with van der Waals surface area (Å²) in [4.78, 5) is 11.8. The summed E-state index contributed by atoms with van der Waals surface area (Å²) in [7, 11) is 1.55. The number of anilines is 1. The highest BCUT2D eigenvalue weighted by Gasteiger charge is 2.09. The number of methoxy groups -OCH3 is 1. The minimum Gasteiger partial charge on any atom is -0.497 e. The molecule has 0 bridgehead atoms. The van der Waals surface area contributed by atoms with Crippen LogP contribution in [0.1, 0.15) is 23.7 Å². The largest absolute Gasteiger partial charge is 0.497 e. The van der Waals surface area contributed by atoms with Gasteiger partial charge in [0.15, 0.2) is 0 Å². The second-order valence-electron chi connectivity index (χ2n) is 3.39. The summed E-state index contributed by atoms with van der Waals surface area (Å²) >= 11 is 0. The first-order valence-corrected chi connectivity index (χ1v) is 5.30. The standard InChI is InChI=1S/C13H16N2O2/c1-3-4-5-8-15-13(16)11-9-10(17-2)6-7-12(11)14/h6-7,9H,5,8,14H2,1-2H3,(H,15,16). The zero-order valence-electron chi connectivity index (χ0n) is 10.0. The van der Waals surface area contributed by atoms with Crippen LogP contribution in [0.25, 0.3) is 0 Å². The molecule has 0 fully saturated rings. The minimum atomic E-state index is -0.209. The molecule has 1 aromatic rings. The second kappa shape index (κ2) is 6.44. The molecular formula is C13H16N2O2. The molecule has 1 amide bonds. The first kappa shape index (κ1) is 12.9. The number of hydrogen-bond acceptors (Lipinski definition) is 3. The highest BCUT2D eigenvalue weighted by molar-refractivity contribution is 5.99. The molecule has 17 heavy (non-hydrogen) atoms. The number of nitrogen functional groups attached to an aromatic ring is 1. The molecule has 0 unspecified atom stereocenters. The van der Waals surface area contributed by atoms with Gasteiger partial charge in [-0.3, -0.25) is 4.79 Å². The molecule has 4 nitrogen and oxygen atoms in total. The fourth-order valence-corrected chi connectivity index (χ4v) is 1.32. The van der Waals surface area contributed by atoms with Crippen molar-refractivity contribution in [1.82, 2.24) is 5.32 Å². The van der Waals surface area contributed by atoms with Crippen molar-refractivity contribution >= 4 is 11.6 Å². The van der Waals surface area contributed by atoms with E-state index in [0.29, 0.717) is 30.0 Å². The lowest BCUT2D eigenvalue weighted by atomic mass is 10.1. The van der Waals surface area contributed by atoms with Crippen LogP contribution in [0, 0.1) is 11.8 Å². The Morgan fingerprint density at radius 2 is 2.29 bits per heavy atom. The summed E-state index contributed by atoms with van der Waals surface area (Å²) in [6.07, 6.45) is 0.631. The highest BCUT2D eigenvalue weighted by Crippen LogP contribution is 2.19. The summed E-state index contributed by atoms with van der Waals surface area (Å²) in [5.74, 6) is 6.04. The van der Waals surface area contributed by atoms with Crippen molar-refractivity contribution < 1.29 is 9.53 Å². The Kier molecular flexibility index (Phi) is 4.89. The first-order valence-electron chi connectivity index (χ1n) is 5.30. The number of nitrogens with one attached hydrogen (secondary N) is 1. The summed E-state index contributed by atoms with van der Waals surface area (Å²) in [6.45, 7) is 2.28. The van der Waals surface area contributed by atoms with Crippen LogP contribution in [0.15, 0.2) is 18.2 Å². The van der Waals surface area contributed by atoms with Crippen LogP contribution in [0.4, 0.5) is 5.69 Å². The number of carbonyl (C=O) groups excluding carboxylic acids is 1. The van der Waals surface area contributed by atoms with Crippen molar-refractivity contribution in [2.75, 3.05) is 19.4 Å². The maximum atomic E-state index is 11.8.